The third-order valence-electron chi connectivity index (χ3n) is 2.70. The summed E-state index contributed by atoms with van der Waals surface area (Å²) in [5.74, 6) is -0.0763. The number of benzene rings is 1. The fraction of sp³-hybridized carbons (Fsp3) is 0.462. The Morgan fingerprint density at radius 2 is 2.18 bits per heavy atom. The normalized spacial score (nSPS) is 12.2. The minimum Gasteiger partial charge on any atom is -0.497 e. The van der Waals surface area contributed by atoms with Gasteiger partial charge in [-0.25, -0.2) is 0 Å². The van der Waals surface area contributed by atoms with Crippen LogP contribution in [0.5, 0.6) is 5.75 Å². The second kappa shape index (κ2) is 6.25. The van der Waals surface area contributed by atoms with Crippen LogP contribution in [0.15, 0.2) is 18.2 Å². The minimum atomic E-state index is -0.830. The molecule has 4 nitrogen and oxygen atoms in total. The van der Waals surface area contributed by atoms with E-state index in [4.69, 9.17) is 9.84 Å². The molecule has 1 rings (SSSR count). The molecule has 0 radical (unpaired) electrons. The van der Waals surface area contributed by atoms with Crippen molar-refractivity contribution >= 4 is 5.97 Å². The van der Waals surface area contributed by atoms with Crippen molar-refractivity contribution in [2.75, 3.05) is 7.11 Å². The van der Waals surface area contributed by atoms with Gasteiger partial charge in [0.15, 0.2) is 0 Å². The molecule has 0 aliphatic rings. The zero-order chi connectivity index (χ0) is 12.8. The second-order valence-corrected chi connectivity index (χ2v) is 4.02. The average molecular weight is 238 g/mol. The molecule has 1 aromatic carbocycles. The van der Waals surface area contributed by atoms with E-state index in [-0.39, 0.29) is 6.42 Å². The summed E-state index contributed by atoms with van der Waals surface area (Å²) in [5, 5.41) is 18.5. The van der Waals surface area contributed by atoms with Gasteiger partial charge in [-0.15, -0.1) is 0 Å². The molecule has 4 heteroatoms. The first-order chi connectivity index (χ1) is 8.04. The van der Waals surface area contributed by atoms with Crippen LogP contribution in [0.4, 0.5) is 0 Å². The van der Waals surface area contributed by atoms with E-state index in [1.165, 1.54) is 0 Å². The molecular weight excluding hydrogens is 220 g/mol. The average Bonchev–Trinajstić information content (AvgIpc) is 2.28. The quantitative estimate of drug-likeness (QED) is 0.798. The summed E-state index contributed by atoms with van der Waals surface area (Å²) in [7, 11) is 1.59. The van der Waals surface area contributed by atoms with Crippen molar-refractivity contribution in [3.8, 4) is 5.75 Å². The van der Waals surface area contributed by atoms with Gasteiger partial charge in [0, 0.05) is 6.42 Å². The number of hydrogen-bond acceptors (Lipinski definition) is 3. The molecule has 0 bridgehead atoms. The van der Waals surface area contributed by atoms with Crippen LogP contribution < -0.4 is 4.74 Å². The van der Waals surface area contributed by atoms with Crippen LogP contribution in [-0.2, 0) is 4.79 Å². The Morgan fingerprint density at radius 3 is 2.71 bits per heavy atom. The topological polar surface area (TPSA) is 66.8 Å². The summed E-state index contributed by atoms with van der Waals surface area (Å²) in [6, 6.07) is 5.47. The molecule has 1 atom stereocenters. The van der Waals surface area contributed by atoms with Crippen molar-refractivity contribution < 1.29 is 19.7 Å². The molecule has 0 aliphatic carbocycles. The van der Waals surface area contributed by atoms with Gasteiger partial charge in [-0.1, -0.05) is 6.07 Å². The highest BCUT2D eigenvalue weighted by atomic mass is 16.5. The monoisotopic (exact) mass is 238 g/mol. The molecule has 0 amide bonds. The summed E-state index contributed by atoms with van der Waals surface area (Å²) in [6.45, 7) is 1.90. The highest BCUT2D eigenvalue weighted by Gasteiger charge is 2.11. The van der Waals surface area contributed by atoms with Gasteiger partial charge in [-0.05, 0) is 43.0 Å². The van der Waals surface area contributed by atoms with Crippen LogP contribution in [0.3, 0.4) is 0 Å². The number of hydrogen-bond donors (Lipinski definition) is 2. The first kappa shape index (κ1) is 13.5. The SMILES string of the molecule is COc1ccc(C(O)CCCC(=O)O)c(C)c1. The Bertz CT molecular complexity index is 387. The first-order valence-electron chi connectivity index (χ1n) is 5.59. The van der Waals surface area contributed by atoms with Gasteiger partial charge >= 0.3 is 5.97 Å². The van der Waals surface area contributed by atoms with E-state index >= 15 is 0 Å². The Hall–Kier alpha value is -1.55. The lowest BCUT2D eigenvalue weighted by Crippen LogP contribution is -2.02. The van der Waals surface area contributed by atoms with Crippen molar-refractivity contribution in [2.45, 2.75) is 32.3 Å². The van der Waals surface area contributed by atoms with Crippen molar-refractivity contribution in [1.29, 1.82) is 0 Å². The Morgan fingerprint density at radius 1 is 1.47 bits per heavy atom. The molecule has 1 aromatic rings. The van der Waals surface area contributed by atoms with Gasteiger partial charge in [0.05, 0.1) is 13.2 Å². The predicted octanol–water partition coefficient (Wildman–Crippen LogP) is 2.29. The Balaban J connectivity index is 2.62. The standard InChI is InChI=1S/C13H18O4/c1-9-8-10(17-2)6-7-11(9)12(14)4-3-5-13(15)16/h6-8,12,14H,3-5H2,1-2H3,(H,15,16). The van der Waals surface area contributed by atoms with Crippen LogP contribution in [-0.4, -0.2) is 23.3 Å². The van der Waals surface area contributed by atoms with Gasteiger partial charge in [-0.2, -0.15) is 0 Å². The molecule has 17 heavy (non-hydrogen) atoms. The Kier molecular flexibility index (Phi) is 4.97. The maximum atomic E-state index is 10.4. The third kappa shape index (κ3) is 4.07. The highest BCUT2D eigenvalue weighted by Crippen LogP contribution is 2.25. The van der Waals surface area contributed by atoms with Gasteiger partial charge in [0.25, 0.3) is 0 Å². The maximum Gasteiger partial charge on any atom is 0.303 e. The molecule has 0 saturated carbocycles. The molecule has 0 aliphatic heterocycles. The van der Waals surface area contributed by atoms with Gasteiger partial charge in [0.1, 0.15) is 5.75 Å². The minimum absolute atomic E-state index is 0.0895. The van der Waals surface area contributed by atoms with Crippen molar-refractivity contribution in [1.82, 2.24) is 0 Å². The van der Waals surface area contributed by atoms with Gasteiger partial charge < -0.3 is 14.9 Å². The highest BCUT2D eigenvalue weighted by molar-refractivity contribution is 5.66. The zero-order valence-corrected chi connectivity index (χ0v) is 10.1. The zero-order valence-electron chi connectivity index (χ0n) is 10.1. The fourth-order valence-electron chi connectivity index (χ4n) is 1.75. The summed E-state index contributed by atoms with van der Waals surface area (Å²) in [4.78, 5) is 10.4. The van der Waals surface area contributed by atoms with Gasteiger partial charge in [-0.3, -0.25) is 4.79 Å². The number of ether oxygens (including phenoxy) is 1. The van der Waals surface area contributed by atoms with E-state index in [9.17, 15) is 9.90 Å². The van der Waals surface area contributed by atoms with E-state index in [1.54, 1.807) is 13.2 Å². The van der Waals surface area contributed by atoms with Crippen molar-refractivity contribution in [3.63, 3.8) is 0 Å². The lowest BCUT2D eigenvalue weighted by molar-refractivity contribution is -0.137. The molecule has 0 aromatic heterocycles. The number of aliphatic carboxylic acids is 1. The van der Waals surface area contributed by atoms with Crippen LogP contribution in [0.1, 0.15) is 36.5 Å². The summed E-state index contributed by atoms with van der Waals surface area (Å²) >= 11 is 0. The maximum absolute atomic E-state index is 10.4. The van der Waals surface area contributed by atoms with Gasteiger partial charge in [0.2, 0.25) is 0 Å². The molecule has 0 saturated heterocycles. The van der Waals surface area contributed by atoms with E-state index in [1.807, 2.05) is 19.1 Å². The summed E-state index contributed by atoms with van der Waals surface area (Å²) in [5.41, 5.74) is 1.78. The fourth-order valence-corrected chi connectivity index (χ4v) is 1.75. The number of carboxylic acids is 1. The van der Waals surface area contributed by atoms with Crippen LogP contribution in [0, 0.1) is 6.92 Å². The summed E-state index contributed by atoms with van der Waals surface area (Å²) < 4.78 is 5.08. The lowest BCUT2D eigenvalue weighted by Gasteiger charge is -2.14. The first-order valence-corrected chi connectivity index (χ1v) is 5.59. The molecule has 94 valence electrons. The molecular formula is C13H18O4. The molecule has 0 heterocycles. The lowest BCUT2D eigenvalue weighted by atomic mass is 9.99. The third-order valence-corrected chi connectivity index (χ3v) is 2.70. The predicted molar refractivity (Wildman–Crippen MR) is 64.2 cm³/mol. The number of methoxy groups -OCH3 is 1. The van der Waals surface area contributed by atoms with Crippen molar-refractivity contribution in [2.24, 2.45) is 0 Å². The number of carboxylic acid groups (broad SMARTS) is 1. The molecule has 0 fully saturated rings. The van der Waals surface area contributed by atoms with E-state index in [0.717, 1.165) is 16.9 Å². The van der Waals surface area contributed by atoms with E-state index in [0.29, 0.717) is 12.8 Å². The number of carbonyl (C=O) groups is 1. The second-order valence-electron chi connectivity index (χ2n) is 4.02. The molecule has 1 unspecified atom stereocenters. The smallest absolute Gasteiger partial charge is 0.303 e. The number of aryl methyl sites for hydroxylation is 1. The number of aliphatic hydroxyl groups excluding tert-OH is 1. The number of aliphatic hydroxyl groups is 1. The van der Waals surface area contributed by atoms with Crippen molar-refractivity contribution in [3.05, 3.63) is 29.3 Å². The Labute approximate surface area is 101 Å². The van der Waals surface area contributed by atoms with Crippen LogP contribution in [0.2, 0.25) is 0 Å². The molecule has 0 spiro atoms. The largest absolute Gasteiger partial charge is 0.497 e. The van der Waals surface area contributed by atoms with E-state index < -0.39 is 12.1 Å². The molecule has 2 N–H and O–H groups in total. The summed E-state index contributed by atoms with van der Waals surface area (Å²) in [6.07, 6.45) is 0.411. The van der Waals surface area contributed by atoms with Crippen LogP contribution in [0.25, 0.3) is 0 Å². The number of rotatable bonds is 6. The van der Waals surface area contributed by atoms with E-state index in [2.05, 4.69) is 0 Å². The van der Waals surface area contributed by atoms with Crippen LogP contribution >= 0.6 is 0 Å².